The number of fused-ring (bicyclic) bond motifs is 3. The summed E-state index contributed by atoms with van der Waals surface area (Å²) in [7, 11) is -2.26. The maximum atomic E-state index is 13.4. The number of benzene rings is 1. The van der Waals surface area contributed by atoms with E-state index in [1.807, 2.05) is 0 Å². The number of carbonyl (C=O) groups is 1. The maximum absolute atomic E-state index is 13.4. The number of sulfonamides is 1. The zero-order valence-corrected chi connectivity index (χ0v) is 16.0. The molecule has 2 fully saturated rings. The lowest BCUT2D eigenvalue weighted by atomic mass is 9.99. The molecule has 4 rings (SSSR count). The SMILES string of the molecule is COCCNC(=O)C1C2CCC(C2)N1S(=O)(=O)c1ccc2c(c1)OCCO2. The summed E-state index contributed by atoms with van der Waals surface area (Å²) in [6.45, 7) is 1.58. The molecule has 0 aromatic heterocycles. The van der Waals surface area contributed by atoms with Crippen molar-refractivity contribution in [2.45, 2.75) is 36.2 Å². The molecule has 2 heterocycles. The van der Waals surface area contributed by atoms with E-state index in [0.717, 1.165) is 19.3 Å². The molecule has 27 heavy (non-hydrogen) atoms. The van der Waals surface area contributed by atoms with Gasteiger partial charge in [0, 0.05) is 25.8 Å². The van der Waals surface area contributed by atoms with Crippen LogP contribution in [0.4, 0.5) is 0 Å². The van der Waals surface area contributed by atoms with Gasteiger partial charge in [-0.15, -0.1) is 0 Å². The van der Waals surface area contributed by atoms with Gasteiger partial charge >= 0.3 is 0 Å². The van der Waals surface area contributed by atoms with Gasteiger partial charge in [0.25, 0.3) is 0 Å². The summed E-state index contributed by atoms with van der Waals surface area (Å²) in [5.74, 6) is 0.773. The van der Waals surface area contributed by atoms with Crippen molar-refractivity contribution in [3.63, 3.8) is 0 Å². The Kier molecular flexibility index (Phi) is 5.00. The third-order valence-electron chi connectivity index (χ3n) is 5.49. The number of nitrogens with one attached hydrogen (secondary N) is 1. The summed E-state index contributed by atoms with van der Waals surface area (Å²) >= 11 is 0. The van der Waals surface area contributed by atoms with Crippen molar-refractivity contribution >= 4 is 15.9 Å². The molecule has 2 bridgehead atoms. The normalized spacial score (nSPS) is 26.9. The summed E-state index contributed by atoms with van der Waals surface area (Å²) < 4.78 is 44.1. The van der Waals surface area contributed by atoms with Gasteiger partial charge in [-0.25, -0.2) is 8.42 Å². The molecule has 148 valence electrons. The van der Waals surface area contributed by atoms with Crippen molar-refractivity contribution in [1.29, 1.82) is 0 Å². The maximum Gasteiger partial charge on any atom is 0.244 e. The molecular weight excluding hydrogens is 372 g/mol. The second-order valence-electron chi connectivity index (χ2n) is 7.10. The van der Waals surface area contributed by atoms with Crippen LogP contribution in [0.15, 0.2) is 23.1 Å². The van der Waals surface area contributed by atoms with Crippen molar-refractivity contribution in [3.8, 4) is 11.5 Å². The van der Waals surface area contributed by atoms with Crippen molar-refractivity contribution in [1.82, 2.24) is 9.62 Å². The molecule has 1 aromatic rings. The van der Waals surface area contributed by atoms with E-state index in [1.54, 1.807) is 13.2 Å². The number of hydrogen-bond acceptors (Lipinski definition) is 6. The van der Waals surface area contributed by atoms with Gasteiger partial charge in [-0.3, -0.25) is 4.79 Å². The highest BCUT2D eigenvalue weighted by molar-refractivity contribution is 7.89. The molecule has 1 N–H and O–H groups in total. The van der Waals surface area contributed by atoms with E-state index in [0.29, 0.717) is 37.9 Å². The Labute approximate surface area is 158 Å². The number of methoxy groups -OCH3 is 1. The second kappa shape index (κ2) is 7.29. The van der Waals surface area contributed by atoms with Gasteiger partial charge in [0.2, 0.25) is 15.9 Å². The predicted octanol–water partition coefficient (Wildman–Crippen LogP) is 0.762. The topological polar surface area (TPSA) is 94.2 Å². The van der Waals surface area contributed by atoms with E-state index in [1.165, 1.54) is 16.4 Å². The Morgan fingerprint density at radius 3 is 2.81 bits per heavy atom. The van der Waals surface area contributed by atoms with Crippen LogP contribution in [0.1, 0.15) is 19.3 Å². The number of ether oxygens (including phenoxy) is 3. The number of rotatable bonds is 6. The third-order valence-corrected chi connectivity index (χ3v) is 7.42. The van der Waals surface area contributed by atoms with Crippen LogP contribution in [0, 0.1) is 5.92 Å². The van der Waals surface area contributed by atoms with Crippen molar-refractivity contribution < 1.29 is 27.4 Å². The zero-order chi connectivity index (χ0) is 19.0. The first-order valence-corrected chi connectivity index (χ1v) is 10.7. The number of hydrogen-bond donors (Lipinski definition) is 1. The number of amides is 1. The third kappa shape index (κ3) is 3.28. The lowest BCUT2D eigenvalue weighted by Gasteiger charge is -2.33. The van der Waals surface area contributed by atoms with Gasteiger partial charge < -0.3 is 19.5 Å². The summed E-state index contributed by atoms with van der Waals surface area (Å²) in [4.78, 5) is 12.8. The highest BCUT2D eigenvalue weighted by Crippen LogP contribution is 2.46. The summed E-state index contributed by atoms with van der Waals surface area (Å²) in [5, 5.41) is 2.80. The fraction of sp³-hybridized carbons (Fsp3) is 0.611. The molecule has 1 aliphatic carbocycles. The number of piperidine rings is 1. The summed E-state index contributed by atoms with van der Waals surface area (Å²) in [6, 6.07) is 3.83. The quantitative estimate of drug-likeness (QED) is 0.714. The fourth-order valence-corrected chi connectivity index (χ4v) is 6.20. The van der Waals surface area contributed by atoms with Crippen LogP contribution in [0.3, 0.4) is 0 Å². The van der Waals surface area contributed by atoms with Crippen molar-refractivity contribution in [3.05, 3.63) is 18.2 Å². The molecule has 0 radical (unpaired) electrons. The van der Waals surface area contributed by atoms with E-state index in [-0.39, 0.29) is 22.8 Å². The molecule has 1 saturated carbocycles. The van der Waals surface area contributed by atoms with Crippen molar-refractivity contribution in [2.24, 2.45) is 5.92 Å². The molecule has 3 aliphatic rings. The first-order chi connectivity index (χ1) is 13.0. The molecule has 9 heteroatoms. The molecule has 1 aromatic carbocycles. The average molecular weight is 396 g/mol. The lowest BCUT2D eigenvalue weighted by Crippen LogP contribution is -2.53. The molecule has 1 saturated heterocycles. The molecule has 2 aliphatic heterocycles. The van der Waals surface area contributed by atoms with Gasteiger partial charge in [0.1, 0.15) is 19.3 Å². The molecular formula is C18H24N2O6S. The van der Waals surface area contributed by atoms with Gasteiger partial charge in [-0.1, -0.05) is 0 Å². The van der Waals surface area contributed by atoms with Gasteiger partial charge in [0.05, 0.1) is 11.5 Å². The average Bonchev–Trinajstić information content (AvgIpc) is 3.29. The number of nitrogens with zero attached hydrogens (tertiary/aromatic N) is 1. The summed E-state index contributed by atoms with van der Waals surface area (Å²) in [5.41, 5.74) is 0. The highest BCUT2D eigenvalue weighted by atomic mass is 32.2. The van der Waals surface area contributed by atoms with Crippen LogP contribution in [-0.4, -0.2) is 64.2 Å². The molecule has 8 nitrogen and oxygen atoms in total. The van der Waals surface area contributed by atoms with Crippen LogP contribution in [0.5, 0.6) is 11.5 Å². The van der Waals surface area contributed by atoms with Crippen LogP contribution in [0.25, 0.3) is 0 Å². The Hall–Kier alpha value is -1.84. The second-order valence-corrected chi connectivity index (χ2v) is 8.94. The van der Waals surface area contributed by atoms with Crippen LogP contribution < -0.4 is 14.8 Å². The van der Waals surface area contributed by atoms with E-state index in [2.05, 4.69) is 5.32 Å². The van der Waals surface area contributed by atoms with Crippen LogP contribution in [0.2, 0.25) is 0 Å². The largest absolute Gasteiger partial charge is 0.486 e. The summed E-state index contributed by atoms with van der Waals surface area (Å²) in [6.07, 6.45) is 2.39. The Bertz CT molecular complexity index is 827. The standard InChI is InChI=1S/C18H24N2O6S/c1-24-7-6-19-18(21)17-12-2-3-13(10-12)20(17)27(22,23)14-4-5-15-16(11-14)26-9-8-25-15/h4-5,11-13,17H,2-3,6-10H2,1H3,(H,19,21). The molecule has 3 atom stereocenters. The minimum absolute atomic E-state index is 0.0598. The smallest absolute Gasteiger partial charge is 0.244 e. The van der Waals surface area contributed by atoms with E-state index in [4.69, 9.17) is 14.2 Å². The van der Waals surface area contributed by atoms with Crippen LogP contribution >= 0.6 is 0 Å². The van der Waals surface area contributed by atoms with E-state index in [9.17, 15) is 13.2 Å². The predicted molar refractivity (Wildman–Crippen MR) is 96.3 cm³/mol. The minimum atomic E-state index is -3.82. The van der Waals surface area contributed by atoms with Crippen LogP contribution in [-0.2, 0) is 19.6 Å². The van der Waals surface area contributed by atoms with Gasteiger partial charge in [-0.2, -0.15) is 4.31 Å². The first kappa shape index (κ1) is 18.5. The Morgan fingerprint density at radius 2 is 2.04 bits per heavy atom. The molecule has 1 amide bonds. The van der Waals surface area contributed by atoms with E-state index >= 15 is 0 Å². The highest BCUT2D eigenvalue weighted by Gasteiger charge is 2.54. The first-order valence-electron chi connectivity index (χ1n) is 9.22. The fourth-order valence-electron chi connectivity index (χ4n) is 4.31. The Morgan fingerprint density at radius 1 is 1.26 bits per heavy atom. The monoisotopic (exact) mass is 396 g/mol. The van der Waals surface area contributed by atoms with Crippen molar-refractivity contribution in [2.75, 3.05) is 33.5 Å². The van der Waals surface area contributed by atoms with E-state index < -0.39 is 16.1 Å². The number of carbonyl (C=O) groups excluding carboxylic acids is 1. The minimum Gasteiger partial charge on any atom is -0.486 e. The van der Waals surface area contributed by atoms with Gasteiger partial charge in [-0.05, 0) is 37.3 Å². The molecule has 3 unspecified atom stereocenters. The Balaban J connectivity index is 1.62. The zero-order valence-electron chi connectivity index (χ0n) is 15.2. The molecule has 0 spiro atoms. The lowest BCUT2D eigenvalue weighted by molar-refractivity contribution is -0.126. The van der Waals surface area contributed by atoms with Gasteiger partial charge in [0.15, 0.2) is 11.5 Å².